The van der Waals surface area contributed by atoms with Gasteiger partial charge in [-0.05, 0) is 18.4 Å². The number of likely N-dealkylation sites (tertiary alicyclic amines) is 1. The molecule has 3 atom stereocenters. The smallest absolute Gasteiger partial charge is 0.271 e. The normalized spacial score (nSPS) is 26.1. The monoisotopic (exact) mass is 572 g/mol. The molecule has 1 aromatic carbocycles. The summed E-state index contributed by atoms with van der Waals surface area (Å²) < 4.78 is 0. The van der Waals surface area contributed by atoms with Gasteiger partial charge in [0, 0.05) is 37.9 Å². The molecular weight excluding hydrogens is 540 g/mol. The highest BCUT2D eigenvalue weighted by Gasteiger charge is 2.44. The summed E-state index contributed by atoms with van der Waals surface area (Å²) in [5.74, 6) is 10.0. The molecule has 4 aliphatic rings. The lowest BCUT2D eigenvalue weighted by molar-refractivity contribution is -0.129. The first kappa shape index (κ1) is 27.4. The third kappa shape index (κ3) is 6.03. The molecule has 40 heavy (non-hydrogen) atoms. The molecule has 0 aromatic heterocycles. The van der Waals surface area contributed by atoms with Crippen LogP contribution in [0.2, 0.25) is 0 Å². The topological polar surface area (TPSA) is 214 Å². The molecule has 10 N–H and O–H groups in total. The second kappa shape index (κ2) is 11.9. The quantitative estimate of drug-likeness (QED) is 0.0840. The van der Waals surface area contributed by atoms with Gasteiger partial charge >= 0.3 is 0 Å². The molecular formula is C23H33ClN14O2. The van der Waals surface area contributed by atoms with E-state index >= 15 is 0 Å². The maximum absolute atomic E-state index is 13.2. The van der Waals surface area contributed by atoms with Crippen LogP contribution in [0.5, 0.6) is 0 Å². The fraction of sp³-hybridized carbons (Fsp3) is 0.478. The highest BCUT2D eigenvalue weighted by molar-refractivity contribution is 6.29. The van der Waals surface area contributed by atoms with Gasteiger partial charge in [0.15, 0.2) is 12.0 Å². The van der Waals surface area contributed by atoms with E-state index in [9.17, 15) is 9.59 Å². The second-order valence-electron chi connectivity index (χ2n) is 9.97. The van der Waals surface area contributed by atoms with Crippen molar-refractivity contribution in [3.8, 4) is 0 Å². The Balaban J connectivity index is 1.12. The molecule has 0 saturated carbocycles. The molecule has 2 fully saturated rings. The number of piperidine rings is 1. The summed E-state index contributed by atoms with van der Waals surface area (Å²) in [5.41, 5.74) is 1.54. The van der Waals surface area contributed by atoms with E-state index in [0.29, 0.717) is 32.0 Å². The number of carbonyl (C=O) groups is 2. The van der Waals surface area contributed by atoms with Crippen LogP contribution in [0.25, 0.3) is 0 Å². The van der Waals surface area contributed by atoms with Gasteiger partial charge in [-0.3, -0.25) is 20.2 Å². The molecule has 1 aromatic rings. The Morgan fingerprint density at radius 1 is 1.12 bits per heavy atom. The summed E-state index contributed by atoms with van der Waals surface area (Å²) in [7, 11) is 0. The van der Waals surface area contributed by atoms with Crippen molar-refractivity contribution in [3.05, 3.63) is 58.8 Å². The first-order valence-corrected chi connectivity index (χ1v) is 13.3. The first-order chi connectivity index (χ1) is 19.4. The van der Waals surface area contributed by atoms with Crippen molar-refractivity contribution in [3.63, 3.8) is 0 Å². The van der Waals surface area contributed by atoms with Crippen LogP contribution in [0.4, 0.5) is 0 Å². The zero-order valence-electron chi connectivity index (χ0n) is 21.7. The van der Waals surface area contributed by atoms with E-state index in [2.05, 4.69) is 69.6 Å². The Kier molecular flexibility index (Phi) is 8.18. The van der Waals surface area contributed by atoms with Crippen LogP contribution in [0.15, 0.2) is 73.9 Å². The van der Waals surface area contributed by atoms with Crippen LogP contribution in [-0.2, 0) is 16.1 Å². The van der Waals surface area contributed by atoms with Gasteiger partial charge in [0.05, 0.1) is 6.67 Å². The fourth-order valence-electron chi connectivity index (χ4n) is 5.24. The molecule has 3 unspecified atom stereocenters. The average molecular weight is 573 g/mol. The molecule has 0 bridgehead atoms. The number of rotatable bonds is 7. The maximum atomic E-state index is 13.2. The summed E-state index contributed by atoms with van der Waals surface area (Å²) in [5, 5.41) is 32.6. The number of amides is 2. The van der Waals surface area contributed by atoms with Gasteiger partial charge in [0.25, 0.3) is 5.91 Å². The van der Waals surface area contributed by atoms with Crippen molar-refractivity contribution < 1.29 is 9.59 Å². The van der Waals surface area contributed by atoms with E-state index < -0.39 is 24.4 Å². The van der Waals surface area contributed by atoms with Crippen molar-refractivity contribution in [2.75, 3.05) is 26.3 Å². The van der Waals surface area contributed by atoms with E-state index in [1.165, 1.54) is 5.56 Å². The minimum absolute atomic E-state index is 0.00400. The molecule has 4 aliphatic heterocycles. The van der Waals surface area contributed by atoms with Gasteiger partial charge in [0.1, 0.15) is 23.2 Å². The summed E-state index contributed by atoms with van der Waals surface area (Å²) in [6, 6.07) is 9.22. The largest absolute Gasteiger partial charge is 0.362 e. The summed E-state index contributed by atoms with van der Waals surface area (Å²) in [6.45, 7) is 3.16. The Labute approximate surface area is 235 Å². The fourth-order valence-corrected chi connectivity index (χ4v) is 5.45. The number of benzene rings is 1. The molecule has 1 spiro atoms. The average Bonchev–Trinajstić information content (AvgIpc) is 3.58. The lowest BCUT2D eigenvalue weighted by atomic mass is 9.88. The van der Waals surface area contributed by atoms with E-state index in [1.54, 1.807) is 0 Å². The third-order valence-corrected chi connectivity index (χ3v) is 7.64. The van der Waals surface area contributed by atoms with Crippen LogP contribution in [0.1, 0.15) is 18.4 Å². The summed E-state index contributed by atoms with van der Waals surface area (Å²) >= 11 is 6.17. The number of hydrogen-bond donors (Lipinski definition) is 8. The number of nitrogens with zero attached hydrogens (tertiary/aromatic N) is 6. The van der Waals surface area contributed by atoms with Crippen molar-refractivity contribution in [2.45, 2.75) is 43.4 Å². The number of carbonyl (C=O) groups excluding carboxylic acids is 2. The van der Waals surface area contributed by atoms with Gasteiger partial charge < -0.3 is 42.8 Å². The van der Waals surface area contributed by atoms with Crippen LogP contribution in [0, 0.1) is 0 Å². The van der Waals surface area contributed by atoms with Gasteiger partial charge in [-0.25, -0.2) is 0 Å². The SMILES string of the molecule is NN=NC1=C(Cl)NC(C(=O)NC2NCC3(CCN(C(=O)C4=CN(Cc5ccccc5)CN4)CC3)N2)C(N=NN)N1. The Morgan fingerprint density at radius 3 is 2.62 bits per heavy atom. The second-order valence-corrected chi connectivity index (χ2v) is 10.3. The maximum Gasteiger partial charge on any atom is 0.271 e. The van der Waals surface area contributed by atoms with E-state index in [-0.39, 0.29) is 22.4 Å². The molecule has 17 heteroatoms. The predicted molar refractivity (Wildman–Crippen MR) is 144 cm³/mol. The Morgan fingerprint density at radius 2 is 1.90 bits per heavy atom. The van der Waals surface area contributed by atoms with Crippen molar-refractivity contribution >= 4 is 23.4 Å². The van der Waals surface area contributed by atoms with E-state index in [1.807, 2.05) is 29.3 Å². The van der Waals surface area contributed by atoms with Gasteiger partial charge in [0.2, 0.25) is 5.91 Å². The molecule has 16 nitrogen and oxygen atoms in total. The van der Waals surface area contributed by atoms with Crippen LogP contribution < -0.4 is 43.6 Å². The molecule has 4 heterocycles. The zero-order valence-corrected chi connectivity index (χ0v) is 22.4. The van der Waals surface area contributed by atoms with Gasteiger partial charge in [-0.1, -0.05) is 52.4 Å². The highest BCUT2D eigenvalue weighted by atomic mass is 35.5. The number of nitrogens with two attached hydrogens (primary N) is 2. The van der Waals surface area contributed by atoms with Crippen LogP contribution in [0.3, 0.4) is 0 Å². The summed E-state index contributed by atoms with van der Waals surface area (Å²) in [6.07, 6.45) is 1.98. The zero-order chi connectivity index (χ0) is 28.1. The molecule has 0 aliphatic carbocycles. The van der Waals surface area contributed by atoms with Gasteiger partial charge in [-0.15, -0.1) is 10.2 Å². The van der Waals surface area contributed by atoms with E-state index in [4.69, 9.17) is 23.3 Å². The van der Waals surface area contributed by atoms with Crippen LogP contribution in [-0.4, -0.2) is 72.0 Å². The predicted octanol–water partition coefficient (Wildman–Crippen LogP) is -1.25. The Hall–Kier alpha value is -4.15. The van der Waals surface area contributed by atoms with Crippen molar-refractivity contribution in [1.29, 1.82) is 0 Å². The molecule has 0 radical (unpaired) electrons. The minimum atomic E-state index is -0.926. The minimum Gasteiger partial charge on any atom is -0.362 e. The summed E-state index contributed by atoms with van der Waals surface area (Å²) in [4.78, 5) is 30.2. The number of nitrogens with one attached hydrogen (secondary N) is 6. The molecule has 2 saturated heterocycles. The molecule has 2 amide bonds. The first-order valence-electron chi connectivity index (χ1n) is 12.9. The van der Waals surface area contributed by atoms with Gasteiger partial charge in [-0.2, -0.15) is 0 Å². The lowest BCUT2D eigenvalue weighted by Gasteiger charge is -2.39. The molecule has 5 rings (SSSR count). The third-order valence-electron chi connectivity index (χ3n) is 7.35. The standard InChI is InChI=1S/C23H33ClN14O2/c24-17-19(34-36-26)30-18(33-35-25)16(29-17)20(39)31-22-27-12-23(32-22)6-8-38(9-7-23)21(40)15-11-37(13-28-15)10-14-4-2-1-3-5-14/h1-5,11,16,18,22,27-30,32H,6-10,12-13H2,(H2,25,33)(H2,26,34)(H,31,39). The highest BCUT2D eigenvalue weighted by Crippen LogP contribution is 2.26. The Bertz CT molecular complexity index is 1210. The molecule has 214 valence electrons. The lowest BCUT2D eigenvalue weighted by Crippen LogP contribution is -2.62. The van der Waals surface area contributed by atoms with Crippen molar-refractivity contribution in [1.82, 2.24) is 41.7 Å². The van der Waals surface area contributed by atoms with E-state index in [0.717, 1.165) is 19.4 Å². The van der Waals surface area contributed by atoms with Crippen LogP contribution >= 0.6 is 11.6 Å². The number of hydrogen-bond acceptors (Lipinski definition) is 12. The van der Waals surface area contributed by atoms with Crippen molar-refractivity contribution in [2.24, 2.45) is 32.4 Å². The number of halogens is 1.